The smallest absolute Gasteiger partial charge is 0.155 e. The van der Waals surface area contributed by atoms with Crippen LogP contribution in [0.5, 0.6) is 0 Å². The lowest BCUT2D eigenvalue weighted by Crippen LogP contribution is -2.21. The predicted octanol–water partition coefficient (Wildman–Crippen LogP) is 3.59. The van der Waals surface area contributed by atoms with Gasteiger partial charge in [0.15, 0.2) is 5.78 Å². The maximum atomic E-state index is 11.2. The summed E-state index contributed by atoms with van der Waals surface area (Å²) >= 11 is 0. The van der Waals surface area contributed by atoms with Crippen LogP contribution in [0.15, 0.2) is 12.7 Å². The first-order chi connectivity index (χ1) is 6.63. The van der Waals surface area contributed by atoms with Crippen molar-refractivity contribution in [2.75, 3.05) is 0 Å². The molecule has 80 valence electrons. The minimum Gasteiger partial charge on any atom is -0.295 e. The molecule has 0 saturated heterocycles. The standard InChI is InChI=1S/C13H22O/c1-4-13(14)9-11-6-5-7-12(8-11)10(2)3/h4,10-12H,1,5-9H2,2-3H3. The van der Waals surface area contributed by atoms with Gasteiger partial charge in [0.1, 0.15) is 0 Å². The quantitative estimate of drug-likeness (QED) is 0.625. The third kappa shape index (κ3) is 3.28. The second kappa shape index (κ2) is 5.33. The second-order valence-corrected chi connectivity index (χ2v) is 4.91. The van der Waals surface area contributed by atoms with Gasteiger partial charge in [-0.25, -0.2) is 0 Å². The molecule has 1 aliphatic carbocycles. The van der Waals surface area contributed by atoms with E-state index in [1.807, 2.05) is 0 Å². The Morgan fingerprint density at radius 2 is 2.21 bits per heavy atom. The molecule has 0 N–H and O–H groups in total. The van der Waals surface area contributed by atoms with Gasteiger partial charge in [-0.3, -0.25) is 4.79 Å². The van der Waals surface area contributed by atoms with Crippen LogP contribution >= 0.6 is 0 Å². The van der Waals surface area contributed by atoms with Gasteiger partial charge < -0.3 is 0 Å². The lowest BCUT2D eigenvalue weighted by atomic mass is 9.75. The zero-order valence-corrected chi connectivity index (χ0v) is 9.46. The number of ketones is 1. The van der Waals surface area contributed by atoms with Crippen LogP contribution in [0.4, 0.5) is 0 Å². The van der Waals surface area contributed by atoms with E-state index in [0.717, 1.165) is 18.3 Å². The van der Waals surface area contributed by atoms with Crippen LogP contribution in [0.25, 0.3) is 0 Å². The van der Waals surface area contributed by atoms with Crippen LogP contribution < -0.4 is 0 Å². The van der Waals surface area contributed by atoms with Gasteiger partial charge >= 0.3 is 0 Å². The zero-order chi connectivity index (χ0) is 10.6. The fourth-order valence-electron chi connectivity index (χ4n) is 2.49. The number of hydrogen-bond donors (Lipinski definition) is 0. The highest BCUT2D eigenvalue weighted by atomic mass is 16.1. The van der Waals surface area contributed by atoms with Crippen molar-refractivity contribution in [2.24, 2.45) is 17.8 Å². The Kier molecular flexibility index (Phi) is 4.37. The maximum Gasteiger partial charge on any atom is 0.155 e. The molecule has 1 fully saturated rings. The Bertz CT molecular complexity index is 205. The number of rotatable bonds is 4. The molecule has 0 amide bonds. The third-order valence-electron chi connectivity index (χ3n) is 3.48. The molecule has 0 aromatic heterocycles. The van der Waals surface area contributed by atoms with E-state index < -0.39 is 0 Å². The van der Waals surface area contributed by atoms with Crippen molar-refractivity contribution < 1.29 is 4.79 Å². The summed E-state index contributed by atoms with van der Waals surface area (Å²) in [5.74, 6) is 2.46. The number of carbonyl (C=O) groups excluding carboxylic acids is 1. The van der Waals surface area contributed by atoms with Crippen LogP contribution in [0.1, 0.15) is 46.0 Å². The van der Waals surface area contributed by atoms with Crippen LogP contribution in [0.2, 0.25) is 0 Å². The summed E-state index contributed by atoms with van der Waals surface area (Å²) in [6, 6.07) is 0. The second-order valence-electron chi connectivity index (χ2n) is 4.91. The Hall–Kier alpha value is -0.590. The highest BCUT2D eigenvalue weighted by Gasteiger charge is 2.24. The van der Waals surface area contributed by atoms with Crippen LogP contribution in [-0.4, -0.2) is 5.78 Å². The first-order valence-electron chi connectivity index (χ1n) is 5.78. The van der Waals surface area contributed by atoms with E-state index in [-0.39, 0.29) is 5.78 Å². The summed E-state index contributed by atoms with van der Waals surface area (Å²) in [4.78, 5) is 11.2. The van der Waals surface area contributed by atoms with Gasteiger partial charge in [0.05, 0.1) is 0 Å². The molecule has 0 aromatic carbocycles. The molecule has 1 rings (SSSR count). The molecule has 2 atom stereocenters. The summed E-state index contributed by atoms with van der Waals surface area (Å²) in [6.45, 7) is 8.12. The van der Waals surface area contributed by atoms with Crippen LogP contribution in [0.3, 0.4) is 0 Å². The Morgan fingerprint density at radius 3 is 2.79 bits per heavy atom. The van der Waals surface area contributed by atoms with Gasteiger partial charge in [-0.2, -0.15) is 0 Å². The van der Waals surface area contributed by atoms with Gasteiger partial charge in [-0.1, -0.05) is 33.3 Å². The average Bonchev–Trinajstić information content (AvgIpc) is 2.18. The van der Waals surface area contributed by atoms with E-state index in [9.17, 15) is 4.79 Å². The molecular formula is C13H22O. The summed E-state index contributed by atoms with van der Waals surface area (Å²) in [6.07, 6.45) is 7.35. The SMILES string of the molecule is C=CC(=O)CC1CCCC(C(C)C)C1. The summed E-state index contributed by atoms with van der Waals surface area (Å²) < 4.78 is 0. The summed E-state index contributed by atoms with van der Waals surface area (Å²) in [7, 11) is 0. The van der Waals surface area contributed by atoms with Crippen molar-refractivity contribution in [3.8, 4) is 0 Å². The molecule has 1 saturated carbocycles. The Balaban J connectivity index is 2.39. The molecule has 0 aliphatic heterocycles. The maximum absolute atomic E-state index is 11.2. The normalized spacial score (nSPS) is 27.6. The Labute approximate surface area is 87.6 Å². The molecule has 1 aliphatic rings. The van der Waals surface area contributed by atoms with Gasteiger partial charge in [0.2, 0.25) is 0 Å². The highest BCUT2D eigenvalue weighted by Crippen LogP contribution is 2.35. The largest absolute Gasteiger partial charge is 0.295 e. The zero-order valence-electron chi connectivity index (χ0n) is 9.46. The average molecular weight is 194 g/mol. The van der Waals surface area contributed by atoms with Crippen LogP contribution in [0, 0.1) is 17.8 Å². The van der Waals surface area contributed by atoms with E-state index in [1.165, 1.54) is 31.8 Å². The van der Waals surface area contributed by atoms with E-state index in [2.05, 4.69) is 20.4 Å². The lowest BCUT2D eigenvalue weighted by molar-refractivity contribution is -0.115. The minimum absolute atomic E-state index is 0.222. The number of hydrogen-bond acceptors (Lipinski definition) is 1. The molecule has 0 heterocycles. The number of carbonyl (C=O) groups is 1. The molecule has 0 bridgehead atoms. The first kappa shape index (κ1) is 11.5. The molecule has 1 heteroatoms. The fraction of sp³-hybridized carbons (Fsp3) is 0.769. The number of allylic oxidation sites excluding steroid dienone is 1. The third-order valence-corrected chi connectivity index (χ3v) is 3.48. The topological polar surface area (TPSA) is 17.1 Å². The summed E-state index contributed by atoms with van der Waals surface area (Å²) in [5.41, 5.74) is 0. The van der Waals surface area contributed by atoms with Gasteiger partial charge in [-0.05, 0) is 36.7 Å². The van der Waals surface area contributed by atoms with E-state index in [0.29, 0.717) is 5.92 Å². The molecule has 0 aromatic rings. The van der Waals surface area contributed by atoms with E-state index in [1.54, 1.807) is 0 Å². The molecular weight excluding hydrogens is 172 g/mol. The monoisotopic (exact) mass is 194 g/mol. The van der Waals surface area contributed by atoms with Crippen molar-refractivity contribution in [1.82, 2.24) is 0 Å². The molecule has 0 radical (unpaired) electrons. The first-order valence-corrected chi connectivity index (χ1v) is 5.78. The van der Waals surface area contributed by atoms with Crippen molar-refractivity contribution in [3.05, 3.63) is 12.7 Å². The van der Waals surface area contributed by atoms with Crippen molar-refractivity contribution in [1.29, 1.82) is 0 Å². The van der Waals surface area contributed by atoms with Gasteiger partial charge in [-0.15, -0.1) is 0 Å². The molecule has 2 unspecified atom stereocenters. The highest BCUT2D eigenvalue weighted by molar-refractivity contribution is 5.89. The Morgan fingerprint density at radius 1 is 1.50 bits per heavy atom. The molecule has 0 spiro atoms. The van der Waals surface area contributed by atoms with Crippen LogP contribution in [-0.2, 0) is 4.79 Å². The van der Waals surface area contributed by atoms with Crippen molar-refractivity contribution in [3.63, 3.8) is 0 Å². The fourth-order valence-corrected chi connectivity index (χ4v) is 2.49. The summed E-state index contributed by atoms with van der Waals surface area (Å²) in [5, 5.41) is 0. The van der Waals surface area contributed by atoms with Crippen molar-refractivity contribution >= 4 is 5.78 Å². The van der Waals surface area contributed by atoms with Gasteiger partial charge in [0.25, 0.3) is 0 Å². The predicted molar refractivity (Wildman–Crippen MR) is 60.1 cm³/mol. The minimum atomic E-state index is 0.222. The molecule has 1 nitrogen and oxygen atoms in total. The van der Waals surface area contributed by atoms with Crippen molar-refractivity contribution in [2.45, 2.75) is 46.0 Å². The van der Waals surface area contributed by atoms with E-state index in [4.69, 9.17) is 0 Å². The lowest BCUT2D eigenvalue weighted by Gasteiger charge is -2.31. The van der Waals surface area contributed by atoms with E-state index >= 15 is 0 Å². The van der Waals surface area contributed by atoms with Gasteiger partial charge in [0, 0.05) is 6.42 Å². The molecule has 14 heavy (non-hydrogen) atoms.